The minimum absolute atomic E-state index is 0.0431. The summed E-state index contributed by atoms with van der Waals surface area (Å²) in [4.78, 5) is 26.4. The highest BCUT2D eigenvalue weighted by Crippen LogP contribution is 2.38. The van der Waals surface area contributed by atoms with E-state index in [0.717, 1.165) is 69.1 Å². The molecular weight excluding hydrogens is 415 g/mol. The van der Waals surface area contributed by atoms with Crippen molar-refractivity contribution in [1.82, 2.24) is 20.2 Å². The molecule has 0 aromatic carbocycles. The highest BCUT2D eigenvalue weighted by molar-refractivity contribution is 7.18. The molecule has 3 fully saturated rings. The van der Waals surface area contributed by atoms with E-state index in [4.69, 9.17) is 0 Å². The van der Waals surface area contributed by atoms with E-state index in [0.29, 0.717) is 22.1 Å². The standard InChI is InChI=1S/C20H24F3N5OS/c21-20(22,23)7-14-6-15-17(25-11-26-18(15)30-14)28-8-12-3-5-27(9-13(12)10-28)19(29)16-2-1-4-24-16/h6,11-13,16,24H,1-5,7-10H2/t12-,13+,16-/m0/s1. The van der Waals surface area contributed by atoms with Crippen LogP contribution in [0.3, 0.4) is 0 Å². The van der Waals surface area contributed by atoms with Gasteiger partial charge in [0.1, 0.15) is 17.0 Å². The van der Waals surface area contributed by atoms with E-state index in [1.54, 1.807) is 6.07 Å². The van der Waals surface area contributed by atoms with Crippen molar-refractivity contribution >= 4 is 33.3 Å². The fourth-order valence-corrected chi connectivity index (χ4v) is 6.11. The zero-order valence-electron chi connectivity index (χ0n) is 16.5. The van der Waals surface area contributed by atoms with Crippen molar-refractivity contribution in [2.75, 3.05) is 37.6 Å². The third-order valence-corrected chi connectivity index (χ3v) is 7.55. The van der Waals surface area contributed by atoms with Crippen LogP contribution in [0.1, 0.15) is 24.1 Å². The van der Waals surface area contributed by atoms with Crippen LogP contribution >= 0.6 is 11.3 Å². The molecule has 162 valence electrons. The Morgan fingerprint density at radius 2 is 2.03 bits per heavy atom. The van der Waals surface area contributed by atoms with Crippen molar-refractivity contribution in [3.05, 3.63) is 17.3 Å². The van der Waals surface area contributed by atoms with E-state index in [1.807, 2.05) is 4.90 Å². The van der Waals surface area contributed by atoms with Crippen LogP contribution in [0.2, 0.25) is 0 Å². The highest BCUT2D eigenvalue weighted by Gasteiger charge is 2.40. The molecule has 10 heteroatoms. The first-order valence-corrected chi connectivity index (χ1v) is 11.3. The molecule has 5 heterocycles. The van der Waals surface area contributed by atoms with E-state index in [1.165, 1.54) is 6.33 Å². The van der Waals surface area contributed by atoms with Crippen molar-refractivity contribution < 1.29 is 18.0 Å². The van der Waals surface area contributed by atoms with Gasteiger partial charge in [0.15, 0.2) is 0 Å². The molecule has 6 nitrogen and oxygen atoms in total. The third kappa shape index (κ3) is 3.87. The molecule has 3 aliphatic heterocycles. The number of halogens is 3. The molecule has 5 rings (SSSR count). The summed E-state index contributed by atoms with van der Waals surface area (Å²) >= 11 is 1.08. The number of alkyl halides is 3. The first kappa shape index (κ1) is 20.0. The predicted octanol–water partition coefficient (Wildman–Crippen LogP) is 2.83. The number of piperidine rings is 1. The van der Waals surface area contributed by atoms with Gasteiger partial charge in [-0.15, -0.1) is 11.3 Å². The molecule has 3 saturated heterocycles. The summed E-state index contributed by atoms with van der Waals surface area (Å²) in [5.74, 6) is 1.77. The molecule has 1 amide bonds. The molecule has 0 spiro atoms. The lowest BCUT2D eigenvalue weighted by atomic mass is 9.88. The summed E-state index contributed by atoms with van der Waals surface area (Å²) in [6, 6.07) is 1.55. The van der Waals surface area contributed by atoms with Crippen LogP contribution in [0.5, 0.6) is 0 Å². The second kappa shape index (κ2) is 7.64. The van der Waals surface area contributed by atoms with E-state index < -0.39 is 12.6 Å². The van der Waals surface area contributed by atoms with Crippen molar-refractivity contribution in [2.45, 2.75) is 37.9 Å². The van der Waals surface area contributed by atoms with Gasteiger partial charge in [0.2, 0.25) is 5.91 Å². The van der Waals surface area contributed by atoms with Crippen molar-refractivity contribution in [3.8, 4) is 0 Å². The summed E-state index contributed by atoms with van der Waals surface area (Å²) in [7, 11) is 0. The number of fused-ring (bicyclic) bond motifs is 2. The van der Waals surface area contributed by atoms with Gasteiger partial charge < -0.3 is 15.1 Å². The van der Waals surface area contributed by atoms with Crippen LogP contribution in [0.25, 0.3) is 10.2 Å². The van der Waals surface area contributed by atoms with E-state index in [2.05, 4.69) is 20.2 Å². The van der Waals surface area contributed by atoms with Gasteiger partial charge in [-0.1, -0.05) is 0 Å². The van der Waals surface area contributed by atoms with Gasteiger partial charge in [-0.05, 0) is 43.7 Å². The zero-order chi connectivity index (χ0) is 20.9. The highest BCUT2D eigenvalue weighted by atomic mass is 32.1. The SMILES string of the molecule is O=C([C@@H]1CCCN1)N1CC[C@H]2CN(c3ncnc4sc(CC(F)(F)F)cc34)C[C@H]2C1. The van der Waals surface area contributed by atoms with Crippen LogP contribution in [-0.2, 0) is 11.2 Å². The van der Waals surface area contributed by atoms with Gasteiger partial charge in [0.05, 0.1) is 17.8 Å². The lowest BCUT2D eigenvalue weighted by molar-refractivity contribution is -0.135. The third-order valence-electron chi connectivity index (χ3n) is 6.50. The largest absolute Gasteiger partial charge is 0.393 e. The minimum atomic E-state index is -4.23. The van der Waals surface area contributed by atoms with Gasteiger partial charge in [0.25, 0.3) is 0 Å². The maximum atomic E-state index is 12.8. The molecule has 0 bridgehead atoms. The summed E-state index contributed by atoms with van der Waals surface area (Å²) in [6.45, 7) is 4.02. The number of aromatic nitrogens is 2. The first-order valence-electron chi connectivity index (χ1n) is 10.4. The van der Waals surface area contributed by atoms with Gasteiger partial charge in [-0.3, -0.25) is 4.79 Å². The Morgan fingerprint density at radius 3 is 2.80 bits per heavy atom. The fourth-order valence-electron chi connectivity index (χ4n) is 5.09. The Morgan fingerprint density at radius 1 is 1.20 bits per heavy atom. The fraction of sp³-hybridized carbons (Fsp3) is 0.650. The predicted molar refractivity (Wildman–Crippen MR) is 109 cm³/mol. The minimum Gasteiger partial charge on any atom is -0.355 e. The number of anilines is 1. The second-order valence-electron chi connectivity index (χ2n) is 8.57. The molecule has 2 aromatic rings. The van der Waals surface area contributed by atoms with Crippen LogP contribution in [0.4, 0.5) is 19.0 Å². The lowest BCUT2D eigenvalue weighted by Gasteiger charge is -2.35. The average molecular weight is 440 g/mol. The monoisotopic (exact) mass is 439 g/mol. The second-order valence-corrected chi connectivity index (χ2v) is 9.68. The number of carbonyl (C=O) groups is 1. The van der Waals surface area contributed by atoms with Crippen molar-refractivity contribution in [2.24, 2.45) is 11.8 Å². The Labute approximate surface area is 176 Å². The average Bonchev–Trinajstić information content (AvgIpc) is 3.43. The summed E-state index contributed by atoms with van der Waals surface area (Å²) in [6.07, 6.45) is -0.824. The number of likely N-dealkylation sites (tertiary alicyclic amines) is 1. The first-order chi connectivity index (χ1) is 14.4. The molecule has 2 aromatic heterocycles. The molecular formula is C20H24F3N5OS. The van der Waals surface area contributed by atoms with Crippen LogP contribution in [0.15, 0.2) is 12.4 Å². The number of nitrogens with one attached hydrogen (secondary N) is 1. The van der Waals surface area contributed by atoms with E-state index in [9.17, 15) is 18.0 Å². The molecule has 0 radical (unpaired) electrons. The number of rotatable bonds is 3. The van der Waals surface area contributed by atoms with Gasteiger partial charge in [-0.25, -0.2) is 9.97 Å². The maximum absolute atomic E-state index is 12.8. The lowest BCUT2D eigenvalue weighted by Crippen LogP contribution is -2.49. The summed E-state index contributed by atoms with van der Waals surface area (Å²) in [5, 5.41) is 3.99. The van der Waals surface area contributed by atoms with Crippen LogP contribution in [-0.4, -0.2) is 65.7 Å². The maximum Gasteiger partial charge on any atom is 0.393 e. The van der Waals surface area contributed by atoms with E-state index in [-0.39, 0.29) is 16.8 Å². The molecule has 0 unspecified atom stereocenters. The Hall–Kier alpha value is -1.94. The van der Waals surface area contributed by atoms with Crippen LogP contribution in [0, 0.1) is 11.8 Å². The Balaban J connectivity index is 1.32. The van der Waals surface area contributed by atoms with E-state index >= 15 is 0 Å². The molecule has 1 N–H and O–H groups in total. The zero-order valence-corrected chi connectivity index (χ0v) is 17.3. The Kier molecular flexibility index (Phi) is 5.09. The number of carbonyl (C=O) groups excluding carboxylic acids is 1. The smallest absolute Gasteiger partial charge is 0.355 e. The van der Waals surface area contributed by atoms with Gasteiger partial charge in [0, 0.05) is 31.1 Å². The number of hydrogen-bond donors (Lipinski definition) is 1. The van der Waals surface area contributed by atoms with Gasteiger partial charge >= 0.3 is 6.18 Å². The van der Waals surface area contributed by atoms with Crippen molar-refractivity contribution in [3.63, 3.8) is 0 Å². The van der Waals surface area contributed by atoms with Crippen molar-refractivity contribution in [1.29, 1.82) is 0 Å². The molecule has 3 aliphatic rings. The number of nitrogens with zero attached hydrogens (tertiary/aromatic N) is 4. The normalized spacial score (nSPS) is 27.1. The molecule has 0 saturated carbocycles. The summed E-state index contributed by atoms with van der Waals surface area (Å²) in [5.41, 5.74) is 0. The number of hydrogen-bond acceptors (Lipinski definition) is 6. The van der Waals surface area contributed by atoms with Crippen LogP contribution < -0.4 is 10.2 Å². The number of thiophene rings is 1. The summed E-state index contributed by atoms with van der Waals surface area (Å²) < 4.78 is 38.4. The van der Waals surface area contributed by atoms with Gasteiger partial charge in [-0.2, -0.15) is 13.2 Å². The number of amides is 1. The molecule has 3 atom stereocenters. The topological polar surface area (TPSA) is 61.4 Å². The quantitative estimate of drug-likeness (QED) is 0.797. The Bertz CT molecular complexity index is 942. The molecule has 30 heavy (non-hydrogen) atoms. The molecule has 0 aliphatic carbocycles.